The van der Waals surface area contributed by atoms with Crippen LogP contribution in [-0.2, 0) is 21.7 Å². The van der Waals surface area contributed by atoms with Crippen molar-refractivity contribution in [2.24, 2.45) is 0 Å². The van der Waals surface area contributed by atoms with E-state index in [1.54, 1.807) is 0 Å². The molecule has 0 saturated carbocycles. The molecule has 0 atom stereocenters. The average Bonchev–Trinajstić information content (AvgIpc) is 1.50. The van der Waals surface area contributed by atoms with Crippen molar-refractivity contribution in [3.05, 3.63) is 216 Å². The molecule has 17 rings (SSSR count). The second kappa shape index (κ2) is 16.5. The standard InChI is InChI=1S/C84H68/c1-81(2,3)49-38-47(39-50(43-49)82(4,5)6)68-54-26-18-19-27-55(54)69(48-40-51(83(7,8)9)44-52(41-48)84(10,11)12)78-64-36-32-59-61-33-37-65-74-62(34-30-60(72(61)74)58-31-35-63(77(68)78)73(64)71(58)59)76-67(45-22-14-13-15-23-45)66-42-46-24-16-17-25-53(46)70-56-28-20-21-29-57(56)75(79(65)76)80(66)70/h13-44H,1-12H3. The Labute approximate surface area is 492 Å². The molecule has 0 heteroatoms. The molecule has 0 nitrogen and oxygen atoms in total. The zero-order chi connectivity index (χ0) is 57.4. The summed E-state index contributed by atoms with van der Waals surface area (Å²) in [7, 11) is 0. The first kappa shape index (κ1) is 49.7. The van der Waals surface area contributed by atoms with Crippen LogP contribution < -0.4 is 0 Å². The predicted molar refractivity (Wildman–Crippen MR) is 368 cm³/mol. The van der Waals surface area contributed by atoms with Gasteiger partial charge in [-0.1, -0.05) is 271 Å². The van der Waals surface area contributed by atoms with Crippen LogP contribution in [0.15, 0.2) is 194 Å². The lowest BCUT2D eigenvalue weighted by Gasteiger charge is -2.29. The van der Waals surface area contributed by atoms with E-state index in [2.05, 4.69) is 277 Å². The lowest BCUT2D eigenvalue weighted by atomic mass is 9.75. The summed E-state index contributed by atoms with van der Waals surface area (Å²) in [4.78, 5) is 0. The Morgan fingerprint density at radius 1 is 0.190 bits per heavy atom. The van der Waals surface area contributed by atoms with E-state index in [-0.39, 0.29) is 21.7 Å². The van der Waals surface area contributed by atoms with Crippen LogP contribution in [-0.4, -0.2) is 0 Å². The highest BCUT2D eigenvalue weighted by Crippen LogP contribution is 2.62. The summed E-state index contributed by atoms with van der Waals surface area (Å²) in [6.45, 7) is 28.5. The molecular weight excluding hydrogens is 1010 g/mol. The topological polar surface area (TPSA) is 0 Å². The molecule has 1 aliphatic rings. The van der Waals surface area contributed by atoms with Crippen LogP contribution >= 0.6 is 0 Å². The number of benzene rings is 14. The minimum atomic E-state index is -0.0527. The second-order valence-corrected chi connectivity index (χ2v) is 29.1. The molecule has 404 valence electrons. The van der Waals surface area contributed by atoms with E-state index in [1.165, 1.54) is 196 Å². The van der Waals surface area contributed by atoms with Gasteiger partial charge >= 0.3 is 0 Å². The zero-order valence-electron chi connectivity index (χ0n) is 50.5. The molecule has 0 spiro atoms. The Morgan fingerprint density at radius 3 is 1.01 bits per heavy atom. The minimum Gasteiger partial charge on any atom is -0.0622 e. The predicted octanol–water partition coefficient (Wildman–Crippen LogP) is 24.5. The van der Waals surface area contributed by atoms with Gasteiger partial charge in [0.1, 0.15) is 0 Å². The van der Waals surface area contributed by atoms with Crippen LogP contribution in [0.1, 0.15) is 105 Å². The first-order valence-electron chi connectivity index (χ1n) is 30.6. The van der Waals surface area contributed by atoms with Gasteiger partial charge in [-0.3, -0.25) is 0 Å². The van der Waals surface area contributed by atoms with Crippen LogP contribution in [0.2, 0.25) is 0 Å². The Kier molecular flexibility index (Phi) is 9.76. The summed E-state index contributed by atoms with van der Waals surface area (Å²) < 4.78 is 0. The van der Waals surface area contributed by atoms with Gasteiger partial charge in [0.15, 0.2) is 0 Å². The summed E-state index contributed by atoms with van der Waals surface area (Å²) in [5.41, 5.74) is 18.5. The van der Waals surface area contributed by atoms with E-state index in [0.29, 0.717) is 0 Å². The fraction of sp³-hybridized carbons (Fsp3) is 0.190. The molecule has 0 N–H and O–H groups in total. The molecule has 0 amide bonds. The number of fused-ring (bicyclic) bond motifs is 15. The van der Waals surface area contributed by atoms with Crippen molar-refractivity contribution in [3.8, 4) is 55.6 Å². The Morgan fingerprint density at radius 2 is 0.524 bits per heavy atom. The van der Waals surface area contributed by atoms with Crippen LogP contribution in [0.3, 0.4) is 0 Å². The highest BCUT2D eigenvalue weighted by Gasteiger charge is 2.35. The molecule has 0 saturated heterocycles. The molecule has 16 aromatic rings. The maximum atomic E-state index is 2.53. The van der Waals surface area contributed by atoms with E-state index in [1.807, 2.05) is 0 Å². The Bertz CT molecular complexity index is 5300. The summed E-state index contributed by atoms with van der Waals surface area (Å²) in [5, 5.41) is 29.5. The van der Waals surface area contributed by atoms with E-state index >= 15 is 0 Å². The highest BCUT2D eigenvalue weighted by molar-refractivity contribution is 6.53. The largest absolute Gasteiger partial charge is 0.0622 e. The van der Waals surface area contributed by atoms with Crippen LogP contribution in [0, 0.1) is 0 Å². The van der Waals surface area contributed by atoms with Crippen molar-refractivity contribution in [2.45, 2.75) is 105 Å². The number of rotatable bonds is 3. The zero-order valence-corrected chi connectivity index (χ0v) is 50.5. The van der Waals surface area contributed by atoms with Gasteiger partial charge in [0, 0.05) is 0 Å². The number of hydrogen-bond donors (Lipinski definition) is 0. The highest BCUT2D eigenvalue weighted by atomic mass is 14.4. The van der Waals surface area contributed by atoms with E-state index in [9.17, 15) is 0 Å². The van der Waals surface area contributed by atoms with Gasteiger partial charge in [0.25, 0.3) is 0 Å². The van der Waals surface area contributed by atoms with E-state index < -0.39 is 0 Å². The van der Waals surface area contributed by atoms with Crippen LogP contribution in [0.25, 0.3) is 174 Å². The lowest BCUT2D eigenvalue weighted by molar-refractivity contribution is 0.568. The molecule has 0 aromatic heterocycles. The molecule has 16 aromatic carbocycles. The molecular formula is C84H68. The van der Waals surface area contributed by atoms with Crippen LogP contribution in [0.5, 0.6) is 0 Å². The van der Waals surface area contributed by atoms with Crippen molar-refractivity contribution in [1.82, 2.24) is 0 Å². The van der Waals surface area contributed by atoms with Crippen molar-refractivity contribution >= 4 is 118 Å². The first-order valence-corrected chi connectivity index (χ1v) is 30.6. The molecule has 84 heavy (non-hydrogen) atoms. The maximum Gasteiger partial charge on any atom is -0.000696 e. The van der Waals surface area contributed by atoms with Gasteiger partial charge in [0.2, 0.25) is 0 Å². The van der Waals surface area contributed by atoms with Gasteiger partial charge in [-0.05, 0) is 224 Å². The second-order valence-electron chi connectivity index (χ2n) is 29.1. The van der Waals surface area contributed by atoms with Crippen molar-refractivity contribution < 1.29 is 0 Å². The average molecular weight is 1080 g/mol. The fourth-order valence-corrected chi connectivity index (χ4v) is 15.8. The van der Waals surface area contributed by atoms with Crippen molar-refractivity contribution in [1.29, 1.82) is 0 Å². The monoisotopic (exact) mass is 1080 g/mol. The third-order valence-electron chi connectivity index (χ3n) is 19.9. The molecule has 0 bridgehead atoms. The molecule has 0 heterocycles. The number of hydrogen-bond acceptors (Lipinski definition) is 0. The lowest BCUT2D eigenvalue weighted by Crippen LogP contribution is -2.17. The van der Waals surface area contributed by atoms with Crippen molar-refractivity contribution in [3.63, 3.8) is 0 Å². The fourth-order valence-electron chi connectivity index (χ4n) is 15.8. The van der Waals surface area contributed by atoms with E-state index in [0.717, 1.165) is 0 Å². The quantitative estimate of drug-likeness (QED) is 0.122. The third-order valence-corrected chi connectivity index (χ3v) is 19.9. The molecule has 0 radical (unpaired) electrons. The normalized spacial score (nSPS) is 13.5. The Balaban J connectivity index is 1.03. The van der Waals surface area contributed by atoms with Crippen LogP contribution in [0.4, 0.5) is 0 Å². The SMILES string of the molecule is CC(C)(C)c1cc(-c2c3c(c(-c4cc(C(C)(C)C)cc(C(C)(C)C)c4)c4ccccc24)-c2ccc4c5ccc6c7c(ccc(c8ccc-3c2c84)c57)c2c(-c3ccccc3)c3cc4ccccc4c4c5ccccc5c(c62)c34)cc(C(C)(C)C)c1. The Hall–Kier alpha value is -8.84. The van der Waals surface area contributed by atoms with E-state index in [4.69, 9.17) is 0 Å². The van der Waals surface area contributed by atoms with Gasteiger partial charge in [-0.2, -0.15) is 0 Å². The summed E-state index contributed by atoms with van der Waals surface area (Å²) in [6.07, 6.45) is 0. The summed E-state index contributed by atoms with van der Waals surface area (Å²) in [6, 6.07) is 76.5. The van der Waals surface area contributed by atoms with Gasteiger partial charge in [0.05, 0.1) is 0 Å². The smallest absolute Gasteiger partial charge is 0.000696 e. The van der Waals surface area contributed by atoms with Gasteiger partial charge in [-0.25, -0.2) is 0 Å². The molecule has 1 aliphatic carbocycles. The van der Waals surface area contributed by atoms with Crippen molar-refractivity contribution in [2.75, 3.05) is 0 Å². The molecule has 0 fully saturated rings. The maximum absolute atomic E-state index is 2.53. The molecule has 0 unspecified atom stereocenters. The van der Waals surface area contributed by atoms with Gasteiger partial charge < -0.3 is 0 Å². The first-order chi connectivity index (χ1) is 40.2. The van der Waals surface area contributed by atoms with Gasteiger partial charge in [-0.15, -0.1) is 0 Å². The summed E-state index contributed by atoms with van der Waals surface area (Å²) in [5.74, 6) is 0. The summed E-state index contributed by atoms with van der Waals surface area (Å²) >= 11 is 0. The third kappa shape index (κ3) is 6.60. The molecule has 0 aliphatic heterocycles. The minimum absolute atomic E-state index is 0.0527.